The van der Waals surface area contributed by atoms with Gasteiger partial charge in [-0.1, -0.05) is 78.9 Å². The summed E-state index contributed by atoms with van der Waals surface area (Å²) in [6.45, 7) is 0.231. The van der Waals surface area contributed by atoms with Crippen LogP contribution in [0.3, 0.4) is 0 Å². The zero-order valence-corrected chi connectivity index (χ0v) is 13.1. The van der Waals surface area contributed by atoms with E-state index in [0.29, 0.717) is 0 Å². The van der Waals surface area contributed by atoms with E-state index in [9.17, 15) is 4.79 Å². The third-order valence-corrected chi connectivity index (χ3v) is 3.52. The van der Waals surface area contributed by atoms with Crippen LogP contribution < -0.4 is 10.9 Å². The predicted octanol–water partition coefficient (Wildman–Crippen LogP) is 4.61. The molecule has 0 fully saturated rings. The topological polar surface area (TPSA) is 50.4 Å². The largest absolute Gasteiger partial charge is 0.443 e. The van der Waals surface area contributed by atoms with E-state index < -0.39 is 6.09 Å². The second-order valence-electron chi connectivity index (χ2n) is 5.22. The van der Waals surface area contributed by atoms with E-state index in [0.717, 1.165) is 22.4 Å². The van der Waals surface area contributed by atoms with Gasteiger partial charge < -0.3 is 4.74 Å². The minimum Gasteiger partial charge on any atom is -0.443 e. The van der Waals surface area contributed by atoms with E-state index in [1.54, 1.807) is 0 Å². The maximum Gasteiger partial charge on any atom is 0.426 e. The predicted molar refractivity (Wildman–Crippen MR) is 95.3 cm³/mol. The Bertz CT molecular complexity index is 789. The number of ether oxygens (including phenoxy) is 1. The molecule has 1 amide bonds. The summed E-state index contributed by atoms with van der Waals surface area (Å²) in [6, 6.07) is 27.3. The molecule has 120 valence electrons. The van der Waals surface area contributed by atoms with Gasteiger partial charge in [-0.05, 0) is 17.2 Å². The van der Waals surface area contributed by atoms with Gasteiger partial charge in [0.05, 0.1) is 5.69 Å². The maximum atomic E-state index is 11.8. The van der Waals surface area contributed by atoms with Crippen LogP contribution in [0.4, 0.5) is 10.5 Å². The number of carbonyl (C=O) groups excluding carboxylic acids is 1. The first kappa shape index (κ1) is 15.6. The first-order valence-corrected chi connectivity index (χ1v) is 7.70. The highest BCUT2D eigenvalue weighted by atomic mass is 16.6. The number of hydrogen-bond acceptors (Lipinski definition) is 3. The van der Waals surface area contributed by atoms with Gasteiger partial charge in [0.2, 0.25) is 0 Å². The van der Waals surface area contributed by atoms with E-state index in [1.807, 2.05) is 84.9 Å². The Labute approximate surface area is 141 Å². The summed E-state index contributed by atoms with van der Waals surface area (Å²) in [4.78, 5) is 11.8. The van der Waals surface area contributed by atoms with Gasteiger partial charge in [-0.2, -0.15) is 0 Å². The summed E-state index contributed by atoms with van der Waals surface area (Å²) in [7, 11) is 0. The Hall–Kier alpha value is -3.27. The Kier molecular flexibility index (Phi) is 5.10. The standard InChI is InChI=1S/C20H18N2O2/c23-20(24-15-16-9-3-1-4-10-16)22-21-19-14-8-7-13-18(19)17-11-5-2-6-12-17/h1-14,21H,15H2,(H,22,23). The summed E-state index contributed by atoms with van der Waals surface area (Å²) < 4.78 is 5.18. The Morgan fingerprint density at radius 3 is 2.17 bits per heavy atom. The quantitative estimate of drug-likeness (QED) is 0.676. The monoisotopic (exact) mass is 318 g/mol. The molecule has 0 bridgehead atoms. The van der Waals surface area contributed by atoms with E-state index >= 15 is 0 Å². The molecule has 0 radical (unpaired) electrons. The van der Waals surface area contributed by atoms with Crippen LogP contribution in [0, 0.1) is 0 Å². The maximum absolute atomic E-state index is 11.8. The fourth-order valence-corrected chi connectivity index (χ4v) is 2.34. The number of anilines is 1. The number of carbonyl (C=O) groups is 1. The molecule has 0 unspecified atom stereocenters. The molecule has 4 heteroatoms. The number of para-hydroxylation sites is 1. The van der Waals surface area contributed by atoms with Gasteiger partial charge in [-0.25, -0.2) is 10.2 Å². The normalized spacial score (nSPS) is 10.0. The van der Waals surface area contributed by atoms with Crippen molar-refractivity contribution in [1.29, 1.82) is 0 Å². The van der Waals surface area contributed by atoms with Gasteiger partial charge in [-0.15, -0.1) is 0 Å². The molecule has 4 nitrogen and oxygen atoms in total. The van der Waals surface area contributed by atoms with Crippen LogP contribution in [0.25, 0.3) is 11.1 Å². The van der Waals surface area contributed by atoms with Gasteiger partial charge in [0.25, 0.3) is 0 Å². The molecule has 0 aliphatic carbocycles. The van der Waals surface area contributed by atoms with Crippen molar-refractivity contribution in [3.8, 4) is 11.1 Å². The zero-order valence-electron chi connectivity index (χ0n) is 13.1. The minimum atomic E-state index is -0.526. The molecule has 0 aromatic heterocycles. The highest BCUT2D eigenvalue weighted by Gasteiger charge is 2.06. The summed E-state index contributed by atoms with van der Waals surface area (Å²) >= 11 is 0. The lowest BCUT2D eigenvalue weighted by Gasteiger charge is -2.13. The van der Waals surface area contributed by atoms with Crippen LogP contribution in [0.1, 0.15) is 5.56 Å². The van der Waals surface area contributed by atoms with E-state index in [-0.39, 0.29) is 6.61 Å². The Morgan fingerprint density at radius 2 is 1.42 bits per heavy atom. The number of amides is 1. The SMILES string of the molecule is O=C(NNc1ccccc1-c1ccccc1)OCc1ccccc1. The molecule has 0 atom stereocenters. The molecule has 0 aliphatic heterocycles. The van der Waals surface area contributed by atoms with Gasteiger partial charge in [0.15, 0.2) is 0 Å². The zero-order chi connectivity index (χ0) is 16.6. The molecular formula is C20H18N2O2. The lowest BCUT2D eigenvalue weighted by molar-refractivity contribution is 0.142. The smallest absolute Gasteiger partial charge is 0.426 e. The van der Waals surface area contributed by atoms with Crippen LogP contribution in [0.15, 0.2) is 84.9 Å². The number of benzene rings is 3. The van der Waals surface area contributed by atoms with Crippen molar-refractivity contribution in [2.24, 2.45) is 0 Å². The number of hydrogen-bond donors (Lipinski definition) is 2. The Balaban J connectivity index is 1.60. The fraction of sp³-hybridized carbons (Fsp3) is 0.0500. The molecule has 3 aromatic carbocycles. The minimum absolute atomic E-state index is 0.231. The molecule has 3 aromatic rings. The first-order chi connectivity index (χ1) is 11.8. The van der Waals surface area contributed by atoms with Gasteiger partial charge in [0, 0.05) is 5.56 Å². The van der Waals surface area contributed by atoms with Crippen molar-refractivity contribution in [3.05, 3.63) is 90.5 Å². The van der Waals surface area contributed by atoms with Crippen LogP contribution in [0.2, 0.25) is 0 Å². The molecule has 0 spiro atoms. The second-order valence-corrected chi connectivity index (χ2v) is 5.22. The van der Waals surface area contributed by atoms with Gasteiger partial charge >= 0.3 is 6.09 Å². The lowest BCUT2D eigenvalue weighted by atomic mass is 10.0. The highest BCUT2D eigenvalue weighted by molar-refractivity contribution is 5.79. The average Bonchev–Trinajstić information content (AvgIpc) is 2.66. The second kappa shape index (κ2) is 7.83. The Morgan fingerprint density at radius 1 is 0.792 bits per heavy atom. The van der Waals surface area contributed by atoms with E-state index in [4.69, 9.17) is 4.74 Å². The number of rotatable bonds is 5. The van der Waals surface area contributed by atoms with Crippen LogP contribution in [0.5, 0.6) is 0 Å². The van der Waals surface area contributed by atoms with Gasteiger partial charge in [0.1, 0.15) is 6.61 Å². The molecule has 0 aliphatic rings. The van der Waals surface area contributed by atoms with Crippen molar-refractivity contribution in [3.63, 3.8) is 0 Å². The molecular weight excluding hydrogens is 300 g/mol. The van der Waals surface area contributed by atoms with Crippen molar-refractivity contribution < 1.29 is 9.53 Å². The van der Waals surface area contributed by atoms with E-state index in [2.05, 4.69) is 10.9 Å². The summed E-state index contributed by atoms with van der Waals surface area (Å²) in [5, 5.41) is 0. The fourth-order valence-electron chi connectivity index (χ4n) is 2.34. The molecule has 3 rings (SSSR count). The molecule has 0 saturated carbocycles. The number of hydrazine groups is 1. The summed E-state index contributed by atoms with van der Waals surface area (Å²) in [5.74, 6) is 0. The molecule has 2 N–H and O–H groups in total. The summed E-state index contributed by atoms with van der Waals surface area (Å²) in [5.41, 5.74) is 9.31. The molecule has 24 heavy (non-hydrogen) atoms. The first-order valence-electron chi connectivity index (χ1n) is 7.70. The molecule has 0 heterocycles. The molecule has 0 saturated heterocycles. The van der Waals surface area contributed by atoms with Crippen molar-refractivity contribution >= 4 is 11.8 Å². The van der Waals surface area contributed by atoms with Gasteiger partial charge in [-0.3, -0.25) is 5.43 Å². The van der Waals surface area contributed by atoms with Crippen molar-refractivity contribution in [1.82, 2.24) is 5.43 Å². The lowest BCUT2D eigenvalue weighted by Crippen LogP contribution is -2.30. The van der Waals surface area contributed by atoms with Crippen LogP contribution in [-0.4, -0.2) is 6.09 Å². The van der Waals surface area contributed by atoms with Crippen LogP contribution in [-0.2, 0) is 11.3 Å². The third kappa shape index (κ3) is 4.14. The average molecular weight is 318 g/mol. The third-order valence-electron chi connectivity index (χ3n) is 3.52. The number of nitrogens with one attached hydrogen (secondary N) is 2. The van der Waals surface area contributed by atoms with Crippen LogP contribution >= 0.6 is 0 Å². The van der Waals surface area contributed by atoms with Crippen molar-refractivity contribution in [2.45, 2.75) is 6.61 Å². The highest BCUT2D eigenvalue weighted by Crippen LogP contribution is 2.26. The van der Waals surface area contributed by atoms with E-state index in [1.165, 1.54) is 0 Å². The summed E-state index contributed by atoms with van der Waals surface area (Å²) in [6.07, 6.45) is -0.526. The van der Waals surface area contributed by atoms with Crippen molar-refractivity contribution in [2.75, 3.05) is 5.43 Å².